The number of allylic oxidation sites excluding steroid dienone is 1. The molecule has 0 atom stereocenters. The Morgan fingerprint density at radius 2 is 2.29 bits per heavy atom. The van der Waals surface area contributed by atoms with Crippen molar-refractivity contribution in [2.75, 3.05) is 0 Å². The Morgan fingerprint density at radius 3 is 2.94 bits per heavy atom. The lowest BCUT2D eigenvalue weighted by Crippen LogP contribution is -2.07. The molecule has 0 aliphatic heterocycles. The van der Waals surface area contributed by atoms with Crippen molar-refractivity contribution in [3.63, 3.8) is 0 Å². The first-order valence-electron chi connectivity index (χ1n) is 5.43. The van der Waals surface area contributed by atoms with Crippen LogP contribution < -0.4 is 0 Å². The van der Waals surface area contributed by atoms with Gasteiger partial charge in [0.15, 0.2) is 0 Å². The number of carbonyl (C=O) groups excluding carboxylic acids is 1. The molecule has 5 heteroatoms. The topological polar surface area (TPSA) is 52.7 Å². The minimum absolute atomic E-state index is 0.0480. The number of nitrogens with zero attached hydrogens (tertiary/aromatic N) is 4. The Kier molecular flexibility index (Phi) is 3.18. The maximum atomic E-state index is 11.9. The SMILES string of the molecule is CCn1nccc1C(=O)/C=C/c1cnn(C)c1. The summed E-state index contributed by atoms with van der Waals surface area (Å²) in [5, 5.41) is 8.09. The van der Waals surface area contributed by atoms with Gasteiger partial charge < -0.3 is 0 Å². The standard InChI is InChI=1S/C12H14N4O/c1-3-16-11(6-7-13-16)12(17)5-4-10-8-14-15(2)9-10/h4-9H,3H2,1-2H3/b5-4+. The first-order valence-corrected chi connectivity index (χ1v) is 5.43. The molecule has 0 N–H and O–H groups in total. The molecule has 0 fully saturated rings. The van der Waals surface area contributed by atoms with E-state index in [4.69, 9.17) is 0 Å². The monoisotopic (exact) mass is 230 g/mol. The van der Waals surface area contributed by atoms with E-state index in [1.54, 1.807) is 40.0 Å². The zero-order valence-electron chi connectivity index (χ0n) is 9.87. The second kappa shape index (κ2) is 4.78. The van der Waals surface area contributed by atoms with Crippen LogP contribution in [0.25, 0.3) is 6.08 Å². The van der Waals surface area contributed by atoms with Gasteiger partial charge in [-0.05, 0) is 25.1 Å². The molecular formula is C12H14N4O. The number of rotatable bonds is 4. The van der Waals surface area contributed by atoms with Crippen LogP contribution in [0.4, 0.5) is 0 Å². The summed E-state index contributed by atoms with van der Waals surface area (Å²) in [5.41, 5.74) is 1.51. The van der Waals surface area contributed by atoms with E-state index in [2.05, 4.69) is 10.2 Å². The van der Waals surface area contributed by atoms with Crippen LogP contribution in [0.3, 0.4) is 0 Å². The Balaban J connectivity index is 2.14. The maximum absolute atomic E-state index is 11.9. The largest absolute Gasteiger partial charge is 0.288 e. The van der Waals surface area contributed by atoms with Crippen LogP contribution in [-0.4, -0.2) is 25.3 Å². The van der Waals surface area contributed by atoms with E-state index in [1.165, 1.54) is 0 Å². The van der Waals surface area contributed by atoms with Crippen LogP contribution in [0, 0.1) is 0 Å². The van der Waals surface area contributed by atoms with Crippen LogP contribution in [0.2, 0.25) is 0 Å². The molecule has 0 spiro atoms. The Bertz CT molecular complexity index is 550. The van der Waals surface area contributed by atoms with E-state index in [0.29, 0.717) is 12.2 Å². The average Bonchev–Trinajstić information content (AvgIpc) is 2.94. The first kappa shape index (κ1) is 11.3. The number of aromatic nitrogens is 4. The van der Waals surface area contributed by atoms with Gasteiger partial charge in [-0.3, -0.25) is 14.2 Å². The average molecular weight is 230 g/mol. The molecule has 0 unspecified atom stereocenters. The molecule has 2 rings (SSSR count). The number of ketones is 1. The first-order chi connectivity index (χ1) is 8.20. The summed E-state index contributed by atoms with van der Waals surface area (Å²) in [4.78, 5) is 11.9. The summed E-state index contributed by atoms with van der Waals surface area (Å²) >= 11 is 0. The van der Waals surface area contributed by atoms with Crippen molar-refractivity contribution in [2.45, 2.75) is 13.5 Å². The lowest BCUT2D eigenvalue weighted by Gasteiger charge is -1.99. The minimum Gasteiger partial charge on any atom is -0.288 e. The van der Waals surface area contributed by atoms with E-state index >= 15 is 0 Å². The van der Waals surface area contributed by atoms with Crippen molar-refractivity contribution in [1.29, 1.82) is 0 Å². The molecule has 0 amide bonds. The summed E-state index contributed by atoms with van der Waals surface area (Å²) in [6.45, 7) is 2.64. The molecule has 2 aromatic rings. The molecule has 0 bridgehead atoms. The van der Waals surface area contributed by atoms with Gasteiger partial charge in [0.1, 0.15) is 5.69 Å². The fourth-order valence-corrected chi connectivity index (χ4v) is 1.58. The van der Waals surface area contributed by atoms with E-state index in [9.17, 15) is 4.79 Å². The second-order valence-corrected chi connectivity index (χ2v) is 3.68. The molecule has 2 aromatic heterocycles. The van der Waals surface area contributed by atoms with Gasteiger partial charge in [0.05, 0.1) is 6.20 Å². The summed E-state index contributed by atoms with van der Waals surface area (Å²) in [6.07, 6.45) is 8.49. The fourth-order valence-electron chi connectivity index (χ4n) is 1.58. The third-order valence-corrected chi connectivity index (χ3v) is 2.42. The van der Waals surface area contributed by atoms with Crippen LogP contribution in [0.5, 0.6) is 0 Å². The second-order valence-electron chi connectivity index (χ2n) is 3.68. The van der Waals surface area contributed by atoms with Crippen molar-refractivity contribution < 1.29 is 4.79 Å². The zero-order valence-corrected chi connectivity index (χ0v) is 9.87. The normalized spacial score (nSPS) is 11.2. The van der Waals surface area contributed by atoms with Crippen molar-refractivity contribution >= 4 is 11.9 Å². The fraction of sp³-hybridized carbons (Fsp3) is 0.250. The predicted molar refractivity (Wildman–Crippen MR) is 64.5 cm³/mol. The van der Waals surface area contributed by atoms with E-state index in [0.717, 1.165) is 5.56 Å². The molecule has 0 saturated carbocycles. The van der Waals surface area contributed by atoms with Gasteiger partial charge in [0, 0.05) is 31.5 Å². The molecule has 17 heavy (non-hydrogen) atoms. The Hall–Kier alpha value is -2.17. The Labute approximate surface area is 99.4 Å². The molecule has 0 aromatic carbocycles. The molecule has 0 aliphatic carbocycles. The van der Waals surface area contributed by atoms with Gasteiger partial charge in [-0.15, -0.1) is 0 Å². The maximum Gasteiger partial charge on any atom is 0.203 e. The summed E-state index contributed by atoms with van der Waals surface area (Å²) in [5.74, 6) is -0.0480. The molecule has 0 radical (unpaired) electrons. The van der Waals surface area contributed by atoms with Gasteiger partial charge in [0.25, 0.3) is 0 Å². The third-order valence-electron chi connectivity index (χ3n) is 2.42. The number of hydrogen-bond donors (Lipinski definition) is 0. The molecule has 0 aliphatic rings. The van der Waals surface area contributed by atoms with Crippen LogP contribution in [-0.2, 0) is 13.6 Å². The lowest BCUT2D eigenvalue weighted by molar-refractivity contribution is 0.103. The highest BCUT2D eigenvalue weighted by Crippen LogP contribution is 2.04. The minimum atomic E-state index is -0.0480. The molecule has 2 heterocycles. The smallest absolute Gasteiger partial charge is 0.203 e. The van der Waals surface area contributed by atoms with E-state index < -0.39 is 0 Å². The van der Waals surface area contributed by atoms with Crippen molar-refractivity contribution in [1.82, 2.24) is 19.6 Å². The molecule has 88 valence electrons. The summed E-state index contributed by atoms with van der Waals surface area (Å²) in [7, 11) is 1.84. The summed E-state index contributed by atoms with van der Waals surface area (Å²) in [6, 6.07) is 1.72. The zero-order chi connectivity index (χ0) is 12.3. The van der Waals surface area contributed by atoms with Crippen LogP contribution in [0.15, 0.2) is 30.7 Å². The van der Waals surface area contributed by atoms with Crippen molar-refractivity contribution in [2.24, 2.45) is 7.05 Å². The van der Waals surface area contributed by atoms with Gasteiger partial charge >= 0.3 is 0 Å². The summed E-state index contributed by atoms with van der Waals surface area (Å²) < 4.78 is 3.37. The quantitative estimate of drug-likeness (QED) is 0.591. The van der Waals surface area contributed by atoms with Gasteiger partial charge in [-0.25, -0.2) is 0 Å². The van der Waals surface area contributed by atoms with Gasteiger partial charge in [0.2, 0.25) is 5.78 Å². The van der Waals surface area contributed by atoms with Crippen molar-refractivity contribution in [3.05, 3.63) is 42.0 Å². The van der Waals surface area contributed by atoms with Gasteiger partial charge in [-0.1, -0.05) is 0 Å². The predicted octanol–water partition coefficient (Wildman–Crippen LogP) is 1.53. The van der Waals surface area contributed by atoms with Crippen molar-refractivity contribution in [3.8, 4) is 0 Å². The lowest BCUT2D eigenvalue weighted by atomic mass is 10.2. The highest BCUT2D eigenvalue weighted by Gasteiger charge is 2.07. The number of hydrogen-bond acceptors (Lipinski definition) is 3. The molecule has 0 saturated heterocycles. The highest BCUT2D eigenvalue weighted by molar-refractivity contribution is 6.05. The third kappa shape index (κ3) is 2.50. The van der Waals surface area contributed by atoms with E-state index in [1.807, 2.05) is 20.2 Å². The molecule has 5 nitrogen and oxygen atoms in total. The van der Waals surface area contributed by atoms with Crippen LogP contribution in [0.1, 0.15) is 23.0 Å². The highest BCUT2D eigenvalue weighted by atomic mass is 16.1. The Morgan fingerprint density at radius 1 is 1.47 bits per heavy atom. The van der Waals surface area contributed by atoms with Gasteiger partial charge in [-0.2, -0.15) is 10.2 Å². The number of carbonyl (C=O) groups is 1. The number of aryl methyl sites for hydroxylation is 2. The van der Waals surface area contributed by atoms with E-state index in [-0.39, 0.29) is 5.78 Å². The molecular weight excluding hydrogens is 216 g/mol. The van der Waals surface area contributed by atoms with Crippen LogP contribution >= 0.6 is 0 Å².